The summed E-state index contributed by atoms with van der Waals surface area (Å²) in [6.07, 6.45) is 3.54. The van der Waals surface area contributed by atoms with E-state index in [1.54, 1.807) is 0 Å². The van der Waals surface area contributed by atoms with Gasteiger partial charge in [-0.1, -0.05) is 12.1 Å². The maximum Gasteiger partial charge on any atom is 0.227 e. The summed E-state index contributed by atoms with van der Waals surface area (Å²) in [7, 11) is 0. The number of amides is 1. The van der Waals surface area contributed by atoms with Gasteiger partial charge in [0.1, 0.15) is 0 Å². The first-order chi connectivity index (χ1) is 9.29. The lowest BCUT2D eigenvalue weighted by Gasteiger charge is -2.21. The zero-order valence-corrected chi connectivity index (χ0v) is 11.8. The summed E-state index contributed by atoms with van der Waals surface area (Å²) in [6.45, 7) is 1.38. The number of alkyl halides is 1. The van der Waals surface area contributed by atoms with E-state index in [1.165, 1.54) is 5.56 Å². The number of rotatable bonds is 5. The quantitative estimate of drug-likeness (QED) is 0.842. The van der Waals surface area contributed by atoms with E-state index >= 15 is 0 Å². The van der Waals surface area contributed by atoms with Gasteiger partial charge in [-0.05, 0) is 43.4 Å². The lowest BCUT2D eigenvalue weighted by atomic mass is 9.99. The topological polar surface area (TPSA) is 38.3 Å². The van der Waals surface area contributed by atoms with Crippen LogP contribution in [0, 0.1) is 5.92 Å². The molecule has 2 rings (SSSR count). The van der Waals surface area contributed by atoms with Gasteiger partial charge < -0.3 is 10.1 Å². The summed E-state index contributed by atoms with van der Waals surface area (Å²) in [5.74, 6) is 0.858. The van der Waals surface area contributed by atoms with E-state index in [0.717, 1.165) is 31.4 Å². The fourth-order valence-corrected chi connectivity index (χ4v) is 2.41. The van der Waals surface area contributed by atoms with Gasteiger partial charge in [0.25, 0.3) is 0 Å². The number of halogens is 1. The second kappa shape index (κ2) is 7.51. The third kappa shape index (κ3) is 4.51. The summed E-state index contributed by atoms with van der Waals surface area (Å²) >= 11 is 5.70. The van der Waals surface area contributed by atoms with E-state index in [0.29, 0.717) is 19.1 Å². The molecule has 1 aromatic rings. The van der Waals surface area contributed by atoms with Crippen molar-refractivity contribution in [1.82, 2.24) is 0 Å². The summed E-state index contributed by atoms with van der Waals surface area (Å²) in [4.78, 5) is 12.1. The summed E-state index contributed by atoms with van der Waals surface area (Å²) < 4.78 is 5.27. The second-order valence-corrected chi connectivity index (χ2v) is 5.25. The van der Waals surface area contributed by atoms with Gasteiger partial charge in [0.15, 0.2) is 0 Å². The Morgan fingerprint density at radius 1 is 1.37 bits per heavy atom. The third-order valence-electron chi connectivity index (χ3n) is 3.39. The standard InChI is InChI=1S/C15H20ClNO2/c16-8-2-4-12-3-1-5-14(11-12)17-15(18)13-6-9-19-10-7-13/h1,3,5,11,13H,2,4,6-10H2,(H,17,18). The van der Waals surface area contributed by atoms with Crippen molar-refractivity contribution in [2.24, 2.45) is 5.92 Å². The van der Waals surface area contributed by atoms with Gasteiger partial charge in [-0.3, -0.25) is 4.79 Å². The molecule has 3 nitrogen and oxygen atoms in total. The molecule has 1 aliphatic rings. The third-order valence-corrected chi connectivity index (χ3v) is 3.65. The van der Waals surface area contributed by atoms with Crippen LogP contribution in [0.5, 0.6) is 0 Å². The van der Waals surface area contributed by atoms with Gasteiger partial charge in [0.2, 0.25) is 5.91 Å². The molecule has 1 amide bonds. The number of carbonyl (C=O) groups is 1. The fraction of sp³-hybridized carbons (Fsp3) is 0.533. The SMILES string of the molecule is O=C(Nc1cccc(CCCCl)c1)C1CCOCC1. The van der Waals surface area contributed by atoms with Crippen LogP contribution in [-0.4, -0.2) is 25.0 Å². The Morgan fingerprint density at radius 3 is 2.89 bits per heavy atom. The van der Waals surface area contributed by atoms with Crippen LogP contribution in [0.4, 0.5) is 5.69 Å². The Bertz CT molecular complexity index is 416. The first kappa shape index (κ1) is 14.4. The predicted molar refractivity (Wildman–Crippen MR) is 77.7 cm³/mol. The van der Waals surface area contributed by atoms with Crippen molar-refractivity contribution in [3.63, 3.8) is 0 Å². The highest BCUT2D eigenvalue weighted by Gasteiger charge is 2.21. The molecule has 0 bridgehead atoms. The molecule has 1 saturated heterocycles. The van der Waals surface area contributed by atoms with Crippen molar-refractivity contribution in [2.45, 2.75) is 25.7 Å². The lowest BCUT2D eigenvalue weighted by Crippen LogP contribution is -2.28. The van der Waals surface area contributed by atoms with Crippen molar-refractivity contribution >= 4 is 23.2 Å². The number of aryl methyl sites for hydroxylation is 1. The highest BCUT2D eigenvalue weighted by molar-refractivity contribution is 6.17. The maximum atomic E-state index is 12.1. The van der Waals surface area contributed by atoms with Gasteiger partial charge in [-0.25, -0.2) is 0 Å². The van der Waals surface area contributed by atoms with Crippen LogP contribution in [0.2, 0.25) is 0 Å². The molecule has 1 heterocycles. The molecule has 0 unspecified atom stereocenters. The highest BCUT2D eigenvalue weighted by atomic mass is 35.5. The molecular weight excluding hydrogens is 262 g/mol. The van der Waals surface area contributed by atoms with E-state index in [-0.39, 0.29) is 11.8 Å². The molecule has 1 aliphatic heterocycles. The average molecular weight is 282 g/mol. The molecule has 0 atom stereocenters. The highest BCUT2D eigenvalue weighted by Crippen LogP contribution is 2.18. The number of benzene rings is 1. The van der Waals surface area contributed by atoms with E-state index < -0.39 is 0 Å². The molecule has 0 radical (unpaired) electrons. The normalized spacial score (nSPS) is 16.3. The predicted octanol–water partition coefficient (Wildman–Crippen LogP) is 3.22. The minimum Gasteiger partial charge on any atom is -0.381 e. The minimum absolute atomic E-state index is 0.0836. The Hall–Kier alpha value is -1.06. The van der Waals surface area contributed by atoms with Crippen molar-refractivity contribution in [1.29, 1.82) is 0 Å². The molecule has 0 aliphatic carbocycles. The molecule has 1 N–H and O–H groups in total. The van der Waals surface area contributed by atoms with Crippen LogP contribution in [0.1, 0.15) is 24.8 Å². The largest absolute Gasteiger partial charge is 0.381 e. The molecule has 1 fully saturated rings. The maximum absolute atomic E-state index is 12.1. The molecule has 0 spiro atoms. The molecule has 0 saturated carbocycles. The first-order valence-electron chi connectivity index (χ1n) is 6.83. The number of ether oxygens (including phenoxy) is 1. The summed E-state index contributed by atoms with van der Waals surface area (Å²) in [5.41, 5.74) is 2.09. The van der Waals surface area contributed by atoms with Gasteiger partial charge >= 0.3 is 0 Å². The molecule has 19 heavy (non-hydrogen) atoms. The number of anilines is 1. The smallest absolute Gasteiger partial charge is 0.227 e. The van der Waals surface area contributed by atoms with Crippen LogP contribution in [0.25, 0.3) is 0 Å². The van der Waals surface area contributed by atoms with E-state index in [2.05, 4.69) is 11.4 Å². The zero-order valence-electron chi connectivity index (χ0n) is 11.0. The average Bonchev–Trinajstić information content (AvgIpc) is 2.46. The molecule has 4 heteroatoms. The lowest BCUT2D eigenvalue weighted by molar-refractivity contribution is -0.122. The minimum atomic E-state index is 0.0836. The Balaban J connectivity index is 1.92. The number of hydrogen-bond acceptors (Lipinski definition) is 2. The second-order valence-electron chi connectivity index (χ2n) is 4.87. The van der Waals surface area contributed by atoms with Gasteiger partial charge in [0, 0.05) is 30.7 Å². The monoisotopic (exact) mass is 281 g/mol. The van der Waals surface area contributed by atoms with Crippen molar-refractivity contribution in [3.8, 4) is 0 Å². The fourth-order valence-electron chi connectivity index (χ4n) is 2.28. The molecule has 0 aromatic heterocycles. The van der Waals surface area contributed by atoms with Crippen molar-refractivity contribution in [3.05, 3.63) is 29.8 Å². The van der Waals surface area contributed by atoms with Crippen LogP contribution in [-0.2, 0) is 16.0 Å². The van der Waals surface area contributed by atoms with Crippen LogP contribution >= 0.6 is 11.6 Å². The van der Waals surface area contributed by atoms with E-state index in [9.17, 15) is 4.79 Å². The molecular formula is C15H20ClNO2. The zero-order chi connectivity index (χ0) is 13.5. The number of nitrogens with one attached hydrogen (secondary N) is 1. The van der Waals surface area contributed by atoms with E-state index in [4.69, 9.17) is 16.3 Å². The molecule has 1 aromatic carbocycles. The van der Waals surface area contributed by atoms with Crippen molar-refractivity contribution in [2.75, 3.05) is 24.4 Å². The summed E-state index contributed by atoms with van der Waals surface area (Å²) in [5, 5.41) is 3.00. The summed E-state index contributed by atoms with van der Waals surface area (Å²) in [6, 6.07) is 8.00. The molecule has 104 valence electrons. The van der Waals surface area contributed by atoms with Crippen molar-refractivity contribution < 1.29 is 9.53 Å². The Morgan fingerprint density at radius 2 is 2.16 bits per heavy atom. The van der Waals surface area contributed by atoms with Gasteiger partial charge in [-0.2, -0.15) is 0 Å². The number of carbonyl (C=O) groups excluding carboxylic acids is 1. The van der Waals surface area contributed by atoms with Crippen LogP contribution in [0.3, 0.4) is 0 Å². The number of hydrogen-bond donors (Lipinski definition) is 1. The van der Waals surface area contributed by atoms with Crippen LogP contribution < -0.4 is 5.32 Å². The van der Waals surface area contributed by atoms with Crippen LogP contribution in [0.15, 0.2) is 24.3 Å². The van der Waals surface area contributed by atoms with Gasteiger partial charge in [0.05, 0.1) is 0 Å². The first-order valence-corrected chi connectivity index (χ1v) is 7.36. The Labute approximate surface area is 119 Å². The Kier molecular flexibility index (Phi) is 5.67. The van der Waals surface area contributed by atoms with E-state index in [1.807, 2.05) is 18.2 Å². The van der Waals surface area contributed by atoms with Gasteiger partial charge in [-0.15, -0.1) is 11.6 Å².